The van der Waals surface area contributed by atoms with Crippen LogP contribution >= 0.6 is 0 Å². The van der Waals surface area contributed by atoms with Crippen molar-refractivity contribution in [2.45, 2.75) is 45.6 Å². The average molecular weight is 294 g/mol. The monoisotopic (exact) mass is 294 g/mol. The van der Waals surface area contributed by atoms with Gasteiger partial charge in [-0.3, -0.25) is 19.7 Å². The van der Waals surface area contributed by atoms with Crippen molar-refractivity contribution in [1.82, 2.24) is 20.4 Å². The van der Waals surface area contributed by atoms with Crippen LogP contribution in [0.3, 0.4) is 0 Å². The van der Waals surface area contributed by atoms with Crippen molar-refractivity contribution in [2.75, 3.05) is 6.54 Å². The van der Waals surface area contributed by atoms with Gasteiger partial charge in [0.15, 0.2) is 5.82 Å². The second-order valence-corrected chi connectivity index (χ2v) is 4.96. The SMILES string of the molecule is CCCc1noc(CCC(=O)N2CC(=O)NC(=O)C2C)n1. The highest BCUT2D eigenvalue weighted by atomic mass is 16.5. The summed E-state index contributed by atoms with van der Waals surface area (Å²) < 4.78 is 5.05. The standard InChI is InChI=1S/C13H18N4O4/c1-3-4-9-14-11(21-16-9)5-6-12(19)17-7-10(18)15-13(20)8(17)2/h8H,3-7H2,1-2H3,(H,15,18,20). The first-order valence-corrected chi connectivity index (χ1v) is 6.96. The number of aromatic nitrogens is 2. The van der Waals surface area contributed by atoms with Gasteiger partial charge in [0.05, 0.1) is 0 Å². The molecular formula is C13H18N4O4. The van der Waals surface area contributed by atoms with E-state index in [0.29, 0.717) is 18.1 Å². The van der Waals surface area contributed by atoms with Crippen LogP contribution < -0.4 is 5.32 Å². The first-order chi connectivity index (χ1) is 10.0. The van der Waals surface area contributed by atoms with Gasteiger partial charge >= 0.3 is 0 Å². The summed E-state index contributed by atoms with van der Waals surface area (Å²) >= 11 is 0. The number of imide groups is 1. The van der Waals surface area contributed by atoms with Crippen LogP contribution in [-0.4, -0.2) is 45.3 Å². The molecule has 8 nitrogen and oxygen atoms in total. The molecular weight excluding hydrogens is 276 g/mol. The molecule has 3 amide bonds. The van der Waals surface area contributed by atoms with Gasteiger partial charge in [0.25, 0.3) is 0 Å². The summed E-state index contributed by atoms with van der Waals surface area (Å²) in [5.41, 5.74) is 0. The first kappa shape index (κ1) is 15.1. The van der Waals surface area contributed by atoms with E-state index in [0.717, 1.165) is 12.8 Å². The van der Waals surface area contributed by atoms with E-state index in [4.69, 9.17) is 4.52 Å². The number of hydrogen-bond donors (Lipinski definition) is 1. The van der Waals surface area contributed by atoms with E-state index < -0.39 is 17.9 Å². The molecule has 0 saturated carbocycles. The van der Waals surface area contributed by atoms with Crippen molar-refractivity contribution in [3.8, 4) is 0 Å². The zero-order valence-corrected chi connectivity index (χ0v) is 12.1. The minimum atomic E-state index is -0.645. The number of nitrogens with zero attached hydrogens (tertiary/aromatic N) is 3. The first-order valence-electron chi connectivity index (χ1n) is 6.96. The smallest absolute Gasteiger partial charge is 0.249 e. The van der Waals surface area contributed by atoms with E-state index in [1.165, 1.54) is 4.90 Å². The van der Waals surface area contributed by atoms with Crippen LogP contribution in [0.5, 0.6) is 0 Å². The molecule has 1 aliphatic heterocycles. The number of aryl methyl sites for hydroxylation is 2. The molecule has 1 aliphatic rings. The highest BCUT2D eigenvalue weighted by Gasteiger charge is 2.33. The number of nitrogens with one attached hydrogen (secondary N) is 1. The maximum absolute atomic E-state index is 12.1. The van der Waals surface area contributed by atoms with E-state index >= 15 is 0 Å². The zero-order valence-electron chi connectivity index (χ0n) is 12.1. The van der Waals surface area contributed by atoms with Crippen LogP contribution in [0.2, 0.25) is 0 Å². The van der Waals surface area contributed by atoms with Crippen molar-refractivity contribution in [1.29, 1.82) is 0 Å². The second kappa shape index (κ2) is 6.47. The van der Waals surface area contributed by atoms with E-state index in [1.54, 1.807) is 6.92 Å². The number of piperazine rings is 1. The lowest BCUT2D eigenvalue weighted by atomic mass is 10.1. The summed E-state index contributed by atoms with van der Waals surface area (Å²) in [4.78, 5) is 40.4. The fourth-order valence-electron chi connectivity index (χ4n) is 2.09. The summed E-state index contributed by atoms with van der Waals surface area (Å²) in [5, 5.41) is 6.00. The van der Waals surface area contributed by atoms with Crippen LogP contribution in [0.25, 0.3) is 0 Å². The lowest BCUT2D eigenvalue weighted by molar-refractivity contribution is -0.149. The van der Waals surface area contributed by atoms with Gasteiger partial charge in [-0.25, -0.2) is 0 Å². The Balaban J connectivity index is 1.91. The number of rotatable bonds is 5. The third kappa shape index (κ3) is 3.65. The van der Waals surface area contributed by atoms with Crippen molar-refractivity contribution in [2.24, 2.45) is 0 Å². The van der Waals surface area contributed by atoms with Gasteiger partial charge in [0.2, 0.25) is 23.6 Å². The Morgan fingerprint density at radius 1 is 1.43 bits per heavy atom. The molecule has 1 aromatic rings. The topological polar surface area (TPSA) is 105 Å². The molecule has 1 atom stereocenters. The molecule has 8 heteroatoms. The van der Waals surface area contributed by atoms with Gasteiger partial charge in [0, 0.05) is 19.3 Å². The predicted octanol–water partition coefficient (Wildman–Crippen LogP) is -0.172. The third-order valence-corrected chi connectivity index (χ3v) is 3.28. The van der Waals surface area contributed by atoms with Crippen LogP contribution in [0.15, 0.2) is 4.52 Å². The fraction of sp³-hybridized carbons (Fsp3) is 0.615. The van der Waals surface area contributed by atoms with E-state index in [2.05, 4.69) is 15.5 Å². The van der Waals surface area contributed by atoms with Crippen LogP contribution in [0, 0.1) is 0 Å². The molecule has 1 aromatic heterocycles. The Bertz CT molecular complexity index is 554. The lowest BCUT2D eigenvalue weighted by Crippen LogP contribution is -2.58. The van der Waals surface area contributed by atoms with Crippen molar-refractivity contribution in [3.05, 3.63) is 11.7 Å². The Morgan fingerprint density at radius 2 is 2.19 bits per heavy atom. The van der Waals surface area contributed by atoms with Crippen molar-refractivity contribution < 1.29 is 18.9 Å². The summed E-state index contributed by atoms with van der Waals surface area (Å²) in [7, 11) is 0. The van der Waals surface area contributed by atoms with Crippen molar-refractivity contribution in [3.63, 3.8) is 0 Å². The van der Waals surface area contributed by atoms with E-state index in [-0.39, 0.29) is 18.9 Å². The van der Waals surface area contributed by atoms with E-state index in [1.807, 2.05) is 6.92 Å². The van der Waals surface area contributed by atoms with Crippen LogP contribution in [0.1, 0.15) is 38.4 Å². The average Bonchev–Trinajstić information content (AvgIpc) is 2.88. The third-order valence-electron chi connectivity index (χ3n) is 3.28. The number of amides is 3. The van der Waals surface area contributed by atoms with Gasteiger partial charge in [-0.15, -0.1) is 0 Å². The summed E-state index contributed by atoms with van der Waals surface area (Å²) in [6, 6.07) is -0.645. The van der Waals surface area contributed by atoms with Gasteiger partial charge in [-0.05, 0) is 13.3 Å². The summed E-state index contributed by atoms with van der Waals surface area (Å²) in [6.45, 7) is 3.50. The highest BCUT2D eigenvalue weighted by molar-refractivity contribution is 6.04. The quantitative estimate of drug-likeness (QED) is 0.756. The minimum Gasteiger partial charge on any atom is -0.339 e. The van der Waals surface area contributed by atoms with Crippen molar-refractivity contribution >= 4 is 17.7 Å². The maximum Gasteiger partial charge on any atom is 0.249 e. The van der Waals surface area contributed by atoms with Gasteiger partial charge in [-0.2, -0.15) is 4.98 Å². The minimum absolute atomic E-state index is 0.101. The molecule has 0 spiro atoms. The Hall–Kier alpha value is -2.25. The number of carbonyl (C=O) groups is 3. The molecule has 1 N–H and O–H groups in total. The fourth-order valence-corrected chi connectivity index (χ4v) is 2.09. The summed E-state index contributed by atoms with van der Waals surface area (Å²) in [6.07, 6.45) is 2.07. The lowest BCUT2D eigenvalue weighted by Gasteiger charge is -2.31. The zero-order chi connectivity index (χ0) is 15.4. The summed E-state index contributed by atoms with van der Waals surface area (Å²) in [5.74, 6) is -0.175. The predicted molar refractivity (Wildman–Crippen MR) is 70.9 cm³/mol. The van der Waals surface area contributed by atoms with Gasteiger partial charge < -0.3 is 9.42 Å². The molecule has 114 valence electrons. The van der Waals surface area contributed by atoms with Gasteiger partial charge in [0.1, 0.15) is 12.6 Å². The Labute approximate surface area is 121 Å². The molecule has 21 heavy (non-hydrogen) atoms. The number of hydrogen-bond acceptors (Lipinski definition) is 6. The molecule has 0 bridgehead atoms. The normalized spacial score (nSPS) is 18.8. The Morgan fingerprint density at radius 3 is 2.90 bits per heavy atom. The van der Waals surface area contributed by atoms with Crippen LogP contribution in [0.4, 0.5) is 0 Å². The molecule has 1 saturated heterocycles. The molecule has 2 heterocycles. The molecule has 0 aliphatic carbocycles. The molecule has 0 aromatic carbocycles. The number of carbonyl (C=O) groups excluding carboxylic acids is 3. The molecule has 0 radical (unpaired) electrons. The molecule has 1 unspecified atom stereocenters. The van der Waals surface area contributed by atoms with Crippen LogP contribution in [-0.2, 0) is 27.2 Å². The molecule has 2 rings (SSSR count). The largest absolute Gasteiger partial charge is 0.339 e. The Kier molecular flexibility index (Phi) is 4.66. The molecule has 1 fully saturated rings. The van der Waals surface area contributed by atoms with E-state index in [9.17, 15) is 14.4 Å². The highest BCUT2D eigenvalue weighted by Crippen LogP contribution is 2.10. The van der Waals surface area contributed by atoms with Gasteiger partial charge in [-0.1, -0.05) is 12.1 Å². The second-order valence-electron chi connectivity index (χ2n) is 4.96. The maximum atomic E-state index is 12.1.